The van der Waals surface area contributed by atoms with Crippen LogP contribution in [-0.4, -0.2) is 16.4 Å². The third-order valence-corrected chi connectivity index (χ3v) is 0.712. The summed E-state index contributed by atoms with van der Waals surface area (Å²) >= 11 is 2.79. The highest BCUT2D eigenvalue weighted by Crippen LogP contribution is 1.97. The van der Waals surface area contributed by atoms with Gasteiger partial charge in [-0.15, -0.1) is 0 Å². The molecule has 0 amide bonds. The number of hydrogen-bond acceptors (Lipinski definition) is 1. The molecule has 8 heavy (non-hydrogen) atoms. The molecule has 2 nitrogen and oxygen atoms in total. The highest BCUT2D eigenvalue weighted by molar-refractivity contribution is 9.09. The van der Waals surface area contributed by atoms with Gasteiger partial charge in [0, 0.05) is 17.2 Å². The van der Waals surface area contributed by atoms with Gasteiger partial charge in [0.25, 0.3) is 0 Å². The van der Waals surface area contributed by atoms with Crippen molar-refractivity contribution in [3.8, 4) is 0 Å². The van der Waals surface area contributed by atoms with Crippen LogP contribution in [0.2, 0.25) is 0 Å². The van der Waals surface area contributed by atoms with E-state index in [1.165, 1.54) is 0 Å². The van der Waals surface area contributed by atoms with E-state index in [9.17, 15) is 4.79 Å². The molecule has 0 aliphatic carbocycles. The molecule has 0 unspecified atom stereocenters. The zero-order valence-corrected chi connectivity index (χ0v) is 5.73. The van der Waals surface area contributed by atoms with Gasteiger partial charge in [0.1, 0.15) is 0 Å². The topological polar surface area (TPSA) is 37.3 Å². The van der Waals surface area contributed by atoms with Crippen LogP contribution in [0.3, 0.4) is 0 Å². The van der Waals surface area contributed by atoms with Gasteiger partial charge in [-0.3, -0.25) is 4.79 Å². The molecule has 0 aromatic rings. The average molecular weight is 185 g/mol. The molecular weight excluding hydrogens is 172 g/mol. The van der Waals surface area contributed by atoms with Gasteiger partial charge in [-0.25, -0.2) is 0 Å². The van der Waals surface area contributed by atoms with Gasteiger partial charge < -0.3 is 5.11 Å². The second-order valence-corrected chi connectivity index (χ2v) is 1.62. The van der Waals surface area contributed by atoms with E-state index < -0.39 is 25.1 Å². The number of halogens is 1. The summed E-state index contributed by atoms with van der Waals surface area (Å²) in [7, 11) is 0. The van der Waals surface area contributed by atoms with Crippen molar-refractivity contribution in [3.05, 3.63) is 0 Å². The van der Waals surface area contributed by atoms with Crippen molar-refractivity contribution in [2.45, 2.75) is 19.2 Å². The fourth-order valence-electron chi connectivity index (χ4n) is 0.185. The molecule has 0 aliphatic heterocycles. The molecule has 0 fully saturated rings. The molecule has 3 heteroatoms. The maximum atomic E-state index is 10.2. The fraction of sp³-hybridized carbons (Fsp3) is 0.800. The number of carboxylic acids is 1. The summed E-state index contributed by atoms with van der Waals surface area (Å²) in [5.41, 5.74) is 0. The van der Waals surface area contributed by atoms with E-state index >= 15 is 0 Å². The summed E-state index contributed by atoms with van der Waals surface area (Å²) in [6.07, 6.45) is -5.33. The van der Waals surface area contributed by atoms with Crippen LogP contribution >= 0.6 is 15.9 Å². The van der Waals surface area contributed by atoms with Crippen LogP contribution in [0, 0.1) is 0 Å². The minimum Gasteiger partial charge on any atom is -0.481 e. The van der Waals surface area contributed by atoms with Gasteiger partial charge >= 0.3 is 5.97 Å². The highest BCUT2D eigenvalue weighted by Gasteiger charge is 1.93. The molecule has 0 spiro atoms. The van der Waals surface area contributed by atoms with Crippen molar-refractivity contribution >= 4 is 21.9 Å². The normalized spacial score (nSPS) is 20.1. The first-order valence-electron chi connectivity index (χ1n) is 4.01. The summed E-state index contributed by atoms with van der Waals surface area (Å²) in [4.78, 5) is 10.2. The Morgan fingerprint density at radius 1 is 1.75 bits per heavy atom. The Morgan fingerprint density at radius 2 is 2.38 bits per heavy atom. The SMILES string of the molecule is [2H]C([2H])(CBr)C([2H])([2H])CC(=O)O. The van der Waals surface area contributed by atoms with Gasteiger partial charge in [-0.1, -0.05) is 15.9 Å². The Balaban J connectivity index is 4.48. The summed E-state index contributed by atoms with van der Waals surface area (Å²) < 4.78 is 28.6. The van der Waals surface area contributed by atoms with Crippen molar-refractivity contribution < 1.29 is 15.4 Å². The standard InChI is InChI=1S/C5H9BrO2/c6-4-2-1-3-5(7)8/h1-4H2,(H,7,8)/i1D2,2D2. The summed E-state index contributed by atoms with van der Waals surface area (Å²) in [5.74, 6) is -1.34. The van der Waals surface area contributed by atoms with Crippen molar-refractivity contribution in [2.75, 3.05) is 5.33 Å². The molecule has 0 atom stereocenters. The number of alkyl halides is 1. The second kappa shape index (κ2) is 5.09. The fourth-order valence-corrected chi connectivity index (χ4v) is 0.384. The Morgan fingerprint density at radius 3 is 2.75 bits per heavy atom. The molecule has 0 heterocycles. The van der Waals surface area contributed by atoms with E-state index in [0.717, 1.165) is 0 Å². The smallest absolute Gasteiger partial charge is 0.303 e. The largest absolute Gasteiger partial charge is 0.481 e. The minimum absolute atomic E-state index is 0.222. The molecule has 0 rings (SSSR count). The Bertz CT molecular complexity index is 182. The zero-order valence-electron chi connectivity index (χ0n) is 8.15. The molecule has 0 saturated carbocycles. The first-order valence-corrected chi connectivity index (χ1v) is 3.13. The monoisotopic (exact) mass is 184 g/mol. The highest BCUT2D eigenvalue weighted by atomic mass is 79.9. The number of hydrogen-bond donors (Lipinski definition) is 1. The third kappa shape index (κ3) is 5.95. The summed E-state index contributed by atoms with van der Waals surface area (Å²) in [5, 5.41) is 8.06. The van der Waals surface area contributed by atoms with Crippen molar-refractivity contribution in [3.63, 3.8) is 0 Å². The molecular formula is C5H9BrO2. The second-order valence-electron chi connectivity index (χ2n) is 1.06. The van der Waals surface area contributed by atoms with Crippen LogP contribution in [0.15, 0.2) is 0 Å². The number of aliphatic carboxylic acids is 1. The van der Waals surface area contributed by atoms with Crippen LogP contribution in [0.25, 0.3) is 0 Å². The lowest BCUT2D eigenvalue weighted by atomic mass is 10.3. The predicted molar refractivity (Wildman–Crippen MR) is 35.3 cm³/mol. The van der Waals surface area contributed by atoms with E-state index in [1.54, 1.807) is 0 Å². The molecule has 0 aliphatic rings. The van der Waals surface area contributed by atoms with Crippen molar-refractivity contribution in [1.82, 2.24) is 0 Å². The maximum absolute atomic E-state index is 10.2. The van der Waals surface area contributed by atoms with E-state index in [-0.39, 0.29) is 5.33 Å². The Hall–Kier alpha value is -0.0500. The van der Waals surface area contributed by atoms with Crippen LogP contribution in [0.5, 0.6) is 0 Å². The van der Waals surface area contributed by atoms with Gasteiger partial charge in [0.15, 0.2) is 0 Å². The van der Waals surface area contributed by atoms with Crippen molar-refractivity contribution in [1.29, 1.82) is 0 Å². The van der Waals surface area contributed by atoms with Crippen LogP contribution in [-0.2, 0) is 4.79 Å². The maximum Gasteiger partial charge on any atom is 0.303 e. The number of carbonyl (C=O) groups is 1. The van der Waals surface area contributed by atoms with E-state index in [2.05, 4.69) is 15.9 Å². The first kappa shape index (κ1) is 3.20. The van der Waals surface area contributed by atoms with Crippen molar-refractivity contribution in [2.24, 2.45) is 0 Å². The van der Waals surface area contributed by atoms with Gasteiger partial charge in [-0.2, -0.15) is 0 Å². The van der Waals surface area contributed by atoms with Crippen LogP contribution in [0.4, 0.5) is 0 Å². The average Bonchev–Trinajstić information content (AvgIpc) is 1.84. The minimum atomic E-state index is -2.34. The predicted octanol–water partition coefficient (Wildman–Crippen LogP) is 1.64. The Labute approximate surface area is 62.6 Å². The zero-order chi connectivity index (χ0) is 9.99. The van der Waals surface area contributed by atoms with E-state index in [4.69, 9.17) is 10.6 Å². The molecule has 0 aromatic heterocycles. The summed E-state index contributed by atoms with van der Waals surface area (Å²) in [6.45, 7) is 0. The molecule has 0 saturated heterocycles. The third-order valence-electron chi connectivity index (χ3n) is 0.431. The lowest BCUT2D eigenvalue weighted by molar-refractivity contribution is -0.137. The van der Waals surface area contributed by atoms with E-state index in [1.807, 2.05) is 0 Å². The molecule has 0 radical (unpaired) electrons. The molecule has 1 N–H and O–H groups in total. The van der Waals surface area contributed by atoms with Crippen LogP contribution in [0.1, 0.15) is 24.6 Å². The van der Waals surface area contributed by atoms with Gasteiger partial charge in [-0.05, 0) is 12.7 Å². The van der Waals surface area contributed by atoms with E-state index in [0.29, 0.717) is 0 Å². The number of carboxylic acid groups (broad SMARTS) is 1. The lowest BCUT2D eigenvalue weighted by Gasteiger charge is -1.88. The van der Waals surface area contributed by atoms with Gasteiger partial charge in [0.05, 0.1) is 0 Å². The van der Waals surface area contributed by atoms with Gasteiger partial charge in [0.2, 0.25) is 0 Å². The quantitative estimate of drug-likeness (QED) is 0.676. The molecule has 0 bridgehead atoms. The number of rotatable bonds is 4. The first-order chi connectivity index (χ1) is 5.23. The molecule has 48 valence electrons. The molecule has 0 aromatic carbocycles. The Kier molecular flexibility index (Phi) is 2.04. The van der Waals surface area contributed by atoms with Crippen LogP contribution < -0.4 is 0 Å². The lowest BCUT2D eigenvalue weighted by Crippen LogP contribution is -1.93. The summed E-state index contributed by atoms with van der Waals surface area (Å²) in [6, 6.07) is 0.